The van der Waals surface area contributed by atoms with Crippen molar-refractivity contribution in [2.24, 2.45) is 0 Å². The summed E-state index contributed by atoms with van der Waals surface area (Å²) in [5.41, 5.74) is 8.22. The SMILES string of the molecule is CCc1cc(-c2cc(C)c3ncnn3c2)cc2n[nH]c(C3CCCCC3)c12. The minimum atomic E-state index is 0.633. The van der Waals surface area contributed by atoms with Crippen LogP contribution in [0.2, 0.25) is 0 Å². The number of nitrogens with one attached hydrogen (secondary N) is 1. The fraction of sp³-hybridized carbons (Fsp3) is 0.409. The van der Waals surface area contributed by atoms with E-state index in [0.717, 1.165) is 28.7 Å². The molecule has 0 spiro atoms. The van der Waals surface area contributed by atoms with Gasteiger partial charge in [-0.1, -0.05) is 32.3 Å². The second-order valence-corrected chi connectivity index (χ2v) is 7.80. The molecular formula is C22H25N5. The van der Waals surface area contributed by atoms with Crippen LogP contribution >= 0.6 is 0 Å². The van der Waals surface area contributed by atoms with E-state index >= 15 is 0 Å². The maximum Gasteiger partial charge on any atom is 0.158 e. The van der Waals surface area contributed by atoms with Crippen molar-refractivity contribution in [3.63, 3.8) is 0 Å². The average Bonchev–Trinajstić information content (AvgIpc) is 3.35. The maximum absolute atomic E-state index is 4.70. The summed E-state index contributed by atoms with van der Waals surface area (Å²) in [4.78, 5) is 4.33. The Morgan fingerprint density at radius 3 is 2.78 bits per heavy atom. The van der Waals surface area contributed by atoms with Gasteiger partial charge in [0.2, 0.25) is 0 Å². The second kappa shape index (κ2) is 6.48. The van der Waals surface area contributed by atoms with Gasteiger partial charge >= 0.3 is 0 Å². The summed E-state index contributed by atoms with van der Waals surface area (Å²) in [5.74, 6) is 0.633. The minimum Gasteiger partial charge on any atom is -0.281 e. The van der Waals surface area contributed by atoms with Crippen LogP contribution < -0.4 is 0 Å². The lowest BCUT2D eigenvalue weighted by Gasteiger charge is -2.21. The average molecular weight is 359 g/mol. The highest BCUT2D eigenvalue weighted by Crippen LogP contribution is 2.38. The standard InChI is InChI=1S/C22H25N5/c1-3-15-10-17(18-9-14(2)22-23-13-24-27(22)12-18)11-19-20(15)21(26-25-19)16-7-5-4-6-8-16/h9-13,16H,3-8H2,1-2H3,(H,25,26). The Bertz CT molecular complexity index is 1110. The molecule has 0 atom stereocenters. The molecule has 0 radical (unpaired) electrons. The predicted octanol–water partition coefficient (Wildman–Crippen LogP) is 5.19. The van der Waals surface area contributed by atoms with Gasteiger partial charge in [-0.2, -0.15) is 10.2 Å². The molecule has 1 saturated carbocycles. The zero-order valence-electron chi connectivity index (χ0n) is 16.0. The summed E-state index contributed by atoms with van der Waals surface area (Å²) < 4.78 is 1.86. The molecule has 5 nitrogen and oxygen atoms in total. The topological polar surface area (TPSA) is 58.9 Å². The highest BCUT2D eigenvalue weighted by atomic mass is 15.3. The molecule has 0 amide bonds. The third-order valence-corrected chi connectivity index (χ3v) is 6.05. The Hall–Kier alpha value is -2.69. The highest BCUT2D eigenvalue weighted by Gasteiger charge is 2.22. The number of benzene rings is 1. The van der Waals surface area contributed by atoms with Gasteiger partial charge in [-0.3, -0.25) is 5.10 Å². The monoisotopic (exact) mass is 359 g/mol. The van der Waals surface area contributed by atoms with Crippen molar-refractivity contribution in [2.75, 3.05) is 0 Å². The Kier molecular flexibility index (Phi) is 3.96. The number of rotatable bonds is 3. The van der Waals surface area contributed by atoms with Gasteiger partial charge in [0.05, 0.1) is 5.52 Å². The maximum atomic E-state index is 4.70. The number of H-pyrrole nitrogens is 1. The van der Waals surface area contributed by atoms with E-state index in [0.29, 0.717) is 5.92 Å². The van der Waals surface area contributed by atoms with Crippen molar-refractivity contribution in [1.82, 2.24) is 24.8 Å². The molecule has 4 aromatic rings. The zero-order chi connectivity index (χ0) is 18.4. The zero-order valence-corrected chi connectivity index (χ0v) is 16.0. The number of nitrogens with zero attached hydrogens (tertiary/aromatic N) is 4. The molecule has 0 saturated heterocycles. The van der Waals surface area contributed by atoms with Crippen molar-refractivity contribution in [3.05, 3.63) is 47.5 Å². The van der Waals surface area contributed by atoms with Gasteiger partial charge in [0, 0.05) is 28.8 Å². The van der Waals surface area contributed by atoms with Gasteiger partial charge in [0.1, 0.15) is 6.33 Å². The third kappa shape index (κ3) is 2.73. The van der Waals surface area contributed by atoms with E-state index in [1.807, 2.05) is 4.52 Å². The van der Waals surface area contributed by atoms with E-state index < -0.39 is 0 Å². The Labute approximate surface area is 158 Å². The van der Waals surface area contributed by atoms with Crippen LogP contribution in [0.25, 0.3) is 27.7 Å². The molecule has 5 rings (SSSR count). The van der Waals surface area contributed by atoms with Gasteiger partial charge in [-0.25, -0.2) is 9.50 Å². The number of aromatic amines is 1. The molecule has 27 heavy (non-hydrogen) atoms. The molecule has 3 aromatic heterocycles. The van der Waals surface area contributed by atoms with Crippen molar-refractivity contribution in [1.29, 1.82) is 0 Å². The number of hydrogen-bond donors (Lipinski definition) is 1. The summed E-state index contributed by atoms with van der Waals surface area (Å²) >= 11 is 0. The Morgan fingerprint density at radius 1 is 1.11 bits per heavy atom. The number of aromatic nitrogens is 5. The first kappa shape index (κ1) is 16.5. The lowest BCUT2D eigenvalue weighted by atomic mass is 9.84. The summed E-state index contributed by atoms with van der Waals surface area (Å²) in [6.07, 6.45) is 11.3. The smallest absolute Gasteiger partial charge is 0.158 e. The summed E-state index contributed by atoms with van der Waals surface area (Å²) in [6.45, 7) is 4.32. The van der Waals surface area contributed by atoms with Crippen LogP contribution in [0.15, 0.2) is 30.7 Å². The van der Waals surface area contributed by atoms with Crippen LogP contribution in [-0.2, 0) is 6.42 Å². The molecule has 1 fully saturated rings. The molecule has 0 unspecified atom stereocenters. The van der Waals surface area contributed by atoms with Gasteiger partial charge in [-0.05, 0) is 55.0 Å². The highest BCUT2D eigenvalue weighted by molar-refractivity contribution is 5.90. The first-order valence-electron chi connectivity index (χ1n) is 10.1. The number of pyridine rings is 1. The number of fused-ring (bicyclic) bond motifs is 2. The van der Waals surface area contributed by atoms with Crippen LogP contribution in [0.3, 0.4) is 0 Å². The van der Waals surface area contributed by atoms with Crippen LogP contribution in [-0.4, -0.2) is 24.8 Å². The quantitative estimate of drug-likeness (QED) is 0.547. The molecular weight excluding hydrogens is 334 g/mol. The molecule has 1 aliphatic rings. The Balaban J connectivity index is 1.65. The van der Waals surface area contributed by atoms with Crippen molar-refractivity contribution >= 4 is 16.6 Å². The van der Waals surface area contributed by atoms with E-state index in [4.69, 9.17) is 5.10 Å². The molecule has 138 valence electrons. The summed E-state index contributed by atoms with van der Waals surface area (Å²) in [6, 6.07) is 6.75. The van der Waals surface area contributed by atoms with Gasteiger partial charge in [0.15, 0.2) is 5.65 Å². The van der Waals surface area contributed by atoms with E-state index in [1.165, 1.54) is 54.3 Å². The largest absolute Gasteiger partial charge is 0.281 e. The molecule has 1 aromatic carbocycles. The summed E-state index contributed by atoms with van der Waals surface area (Å²) in [7, 11) is 0. The van der Waals surface area contributed by atoms with Crippen molar-refractivity contribution < 1.29 is 0 Å². The van der Waals surface area contributed by atoms with Crippen LogP contribution in [0.4, 0.5) is 0 Å². The fourth-order valence-electron chi connectivity index (χ4n) is 4.64. The Morgan fingerprint density at radius 2 is 1.96 bits per heavy atom. The first-order chi connectivity index (χ1) is 13.2. The molecule has 5 heteroatoms. The van der Waals surface area contributed by atoms with Crippen molar-refractivity contribution in [3.8, 4) is 11.1 Å². The van der Waals surface area contributed by atoms with Gasteiger partial charge < -0.3 is 0 Å². The third-order valence-electron chi connectivity index (χ3n) is 6.05. The lowest BCUT2D eigenvalue weighted by Crippen LogP contribution is -2.06. The van der Waals surface area contributed by atoms with Crippen molar-refractivity contribution in [2.45, 2.75) is 58.3 Å². The fourth-order valence-corrected chi connectivity index (χ4v) is 4.64. The van der Waals surface area contributed by atoms with E-state index in [-0.39, 0.29) is 0 Å². The summed E-state index contributed by atoms with van der Waals surface area (Å²) in [5, 5.41) is 13.8. The lowest BCUT2D eigenvalue weighted by molar-refractivity contribution is 0.438. The predicted molar refractivity (Wildman–Crippen MR) is 108 cm³/mol. The van der Waals surface area contributed by atoms with Gasteiger partial charge in [-0.15, -0.1) is 0 Å². The second-order valence-electron chi connectivity index (χ2n) is 7.80. The minimum absolute atomic E-state index is 0.633. The molecule has 1 N–H and O–H groups in total. The van der Waals surface area contributed by atoms with E-state index in [9.17, 15) is 0 Å². The van der Waals surface area contributed by atoms with Crippen LogP contribution in [0.5, 0.6) is 0 Å². The molecule has 1 aliphatic carbocycles. The van der Waals surface area contributed by atoms with Crippen LogP contribution in [0.1, 0.15) is 61.8 Å². The van der Waals surface area contributed by atoms with E-state index in [2.05, 4.69) is 53.4 Å². The normalized spacial score (nSPS) is 15.8. The molecule has 0 bridgehead atoms. The van der Waals surface area contributed by atoms with Gasteiger partial charge in [0.25, 0.3) is 0 Å². The molecule has 3 heterocycles. The van der Waals surface area contributed by atoms with E-state index in [1.54, 1.807) is 6.33 Å². The molecule has 0 aliphatic heterocycles. The number of aryl methyl sites for hydroxylation is 2. The number of hydrogen-bond acceptors (Lipinski definition) is 3. The van der Waals surface area contributed by atoms with Crippen LogP contribution in [0, 0.1) is 6.92 Å². The first-order valence-corrected chi connectivity index (χ1v) is 10.1.